The number of hydrogen-bond donors (Lipinski definition) is 1. The number of rotatable bonds is 8. The fourth-order valence-electron chi connectivity index (χ4n) is 4.96. The predicted octanol–water partition coefficient (Wildman–Crippen LogP) is 4.65. The molecule has 0 saturated heterocycles. The van der Waals surface area contributed by atoms with Gasteiger partial charge in [0.05, 0.1) is 24.3 Å². The Kier molecular flexibility index (Phi) is 7.16. The molecule has 3 heterocycles. The van der Waals surface area contributed by atoms with Crippen LogP contribution >= 0.6 is 0 Å². The maximum Gasteiger partial charge on any atom is 0.214 e. The zero-order chi connectivity index (χ0) is 25.0. The third-order valence-electron chi connectivity index (χ3n) is 6.62. The van der Waals surface area contributed by atoms with E-state index in [0.717, 1.165) is 33.6 Å². The van der Waals surface area contributed by atoms with Crippen LogP contribution in [0.5, 0.6) is 0 Å². The van der Waals surface area contributed by atoms with Gasteiger partial charge in [0.2, 0.25) is 10.0 Å². The normalized spacial score (nSPS) is 16.5. The van der Waals surface area contributed by atoms with Crippen LogP contribution in [0.25, 0.3) is 11.1 Å². The summed E-state index contributed by atoms with van der Waals surface area (Å²) in [4.78, 5) is 13.9. The lowest BCUT2D eigenvalue weighted by molar-refractivity contribution is 0.317. The number of aromatic amines is 1. The van der Waals surface area contributed by atoms with E-state index in [2.05, 4.69) is 50.2 Å². The molecular weight excluding hydrogens is 470 g/mol. The minimum Gasteiger partial charge on any atom is -0.364 e. The summed E-state index contributed by atoms with van der Waals surface area (Å²) in [6.45, 7) is 3.43. The fourth-order valence-corrected chi connectivity index (χ4v) is 6.64. The van der Waals surface area contributed by atoms with Gasteiger partial charge in [-0.2, -0.15) is 4.31 Å². The van der Waals surface area contributed by atoms with Gasteiger partial charge in [0.15, 0.2) is 0 Å². The highest BCUT2D eigenvalue weighted by Gasteiger charge is 2.35. The molecule has 1 N–H and O–H groups in total. The third-order valence-corrected chi connectivity index (χ3v) is 8.69. The van der Waals surface area contributed by atoms with E-state index in [-0.39, 0.29) is 11.8 Å². The van der Waals surface area contributed by atoms with Crippen molar-refractivity contribution < 1.29 is 8.42 Å². The van der Waals surface area contributed by atoms with Gasteiger partial charge in [-0.15, -0.1) is 0 Å². The molecule has 0 spiro atoms. The molecule has 0 bridgehead atoms. The van der Waals surface area contributed by atoms with Crippen molar-refractivity contribution in [3.05, 3.63) is 102 Å². The van der Waals surface area contributed by atoms with Crippen LogP contribution in [0.3, 0.4) is 0 Å². The number of pyridine rings is 1. The van der Waals surface area contributed by atoms with E-state index in [9.17, 15) is 8.42 Å². The highest BCUT2D eigenvalue weighted by molar-refractivity contribution is 7.89. The van der Waals surface area contributed by atoms with Crippen molar-refractivity contribution >= 4 is 15.7 Å². The second-order valence-corrected chi connectivity index (χ2v) is 11.3. The zero-order valence-corrected chi connectivity index (χ0v) is 21.2. The van der Waals surface area contributed by atoms with Crippen molar-refractivity contribution in [2.45, 2.75) is 38.9 Å². The number of aromatic nitrogens is 3. The van der Waals surface area contributed by atoms with Crippen molar-refractivity contribution in [3.63, 3.8) is 0 Å². The van der Waals surface area contributed by atoms with E-state index < -0.39 is 10.0 Å². The Morgan fingerprint density at radius 3 is 2.58 bits per heavy atom. The Morgan fingerprint density at radius 2 is 1.86 bits per heavy atom. The van der Waals surface area contributed by atoms with Gasteiger partial charge in [-0.05, 0) is 53.3 Å². The van der Waals surface area contributed by atoms with Gasteiger partial charge >= 0.3 is 0 Å². The summed E-state index contributed by atoms with van der Waals surface area (Å²) in [5.41, 5.74) is 6.25. The Morgan fingerprint density at radius 1 is 1.00 bits per heavy atom. The van der Waals surface area contributed by atoms with Gasteiger partial charge < -0.3 is 9.88 Å². The Labute approximate surface area is 212 Å². The molecule has 0 aliphatic carbocycles. The lowest BCUT2D eigenvalue weighted by atomic mass is 10.0. The van der Waals surface area contributed by atoms with Crippen LogP contribution in [-0.2, 0) is 29.5 Å². The van der Waals surface area contributed by atoms with Crippen molar-refractivity contribution in [1.29, 1.82) is 0 Å². The van der Waals surface area contributed by atoms with Gasteiger partial charge in [0.25, 0.3) is 0 Å². The van der Waals surface area contributed by atoms with Crippen LogP contribution in [-0.4, -0.2) is 46.0 Å². The van der Waals surface area contributed by atoms with E-state index in [1.54, 1.807) is 16.8 Å². The zero-order valence-electron chi connectivity index (χ0n) is 20.4. The molecule has 0 fully saturated rings. The minimum atomic E-state index is -3.47. The van der Waals surface area contributed by atoms with Gasteiger partial charge in [-0.3, -0.25) is 4.98 Å². The van der Waals surface area contributed by atoms with Crippen LogP contribution < -0.4 is 4.90 Å². The molecule has 0 amide bonds. The molecule has 4 aromatic rings. The van der Waals surface area contributed by atoms with Gasteiger partial charge in [0, 0.05) is 43.4 Å². The van der Waals surface area contributed by atoms with Crippen LogP contribution in [0.2, 0.25) is 0 Å². The monoisotopic (exact) mass is 501 g/mol. The second-order valence-electron chi connectivity index (χ2n) is 9.25. The van der Waals surface area contributed by atoms with Crippen molar-refractivity contribution in [1.82, 2.24) is 19.3 Å². The SMILES string of the molecule is CCCS(=O)(=O)N1Cc2cc(-c3ccccc3)ccc2N(Cc2cnc[nH]2)C[C@H]1Cc1cccnc1. The Balaban J connectivity index is 1.60. The molecular formula is C28H31N5O2S. The molecule has 1 atom stereocenters. The lowest BCUT2D eigenvalue weighted by Gasteiger charge is -2.32. The smallest absolute Gasteiger partial charge is 0.214 e. The van der Waals surface area contributed by atoms with Gasteiger partial charge in [0.1, 0.15) is 0 Å². The van der Waals surface area contributed by atoms with Crippen molar-refractivity contribution in [2.24, 2.45) is 0 Å². The molecule has 1 aliphatic rings. The minimum absolute atomic E-state index is 0.130. The summed E-state index contributed by atoms with van der Waals surface area (Å²) < 4.78 is 28.9. The van der Waals surface area contributed by atoms with Crippen LogP contribution in [0.15, 0.2) is 85.6 Å². The van der Waals surface area contributed by atoms with Gasteiger partial charge in [-0.25, -0.2) is 13.4 Å². The topological polar surface area (TPSA) is 82.2 Å². The standard InChI is InChI=1S/C28H31N5O2S/c1-2-13-36(34,35)33-18-25-15-24(23-8-4-3-5-9-23)10-11-28(25)32(19-26-17-30-21-31-26)20-27(33)14-22-7-6-12-29-16-22/h3-12,15-17,21,27H,2,13-14,18-20H2,1H3,(H,30,31)/t27-/m1/s1. The molecule has 1 aliphatic heterocycles. The van der Waals surface area contributed by atoms with Crippen molar-refractivity contribution in [3.8, 4) is 11.1 Å². The van der Waals surface area contributed by atoms with Crippen LogP contribution in [0.4, 0.5) is 5.69 Å². The average Bonchev–Trinajstić information content (AvgIpc) is 3.35. The first-order valence-electron chi connectivity index (χ1n) is 12.3. The quantitative estimate of drug-likeness (QED) is 0.380. The van der Waals surface area contributed by atoms with Gasteiger partial charge in [-0.1, -0.05) is 49.4 Å². The number of fused-ring (bicyclic) bond motifs is 1. The fraction of sp³-hybridized carbons (Fsp3) is 0.286. The summed E-state index contributed by atoms with van der Waals surface area (Å²) in [6, 6.07) is 20.3. The van der Waals surface area contributed by atoms with E-state index >= 15 is 0 Å². The largest absolute Gasteiger partial charge is 0.364 e. The molecule has 186 valence electrons. The molecule has 0 saturated carbocycles. The number of anilines is 1. The molecule has 5 rings (SSSR count). The number of nitrogens with zero attached hydrogens (tertiary/aromatic N) is 4. The van der Waals surface area contributed by atoms with Crippen LogP contribution in [0.1, 0.15) is 30.2 Å². The average molecular weight is 502 g/mol. The number of benzene rings is 2. The maximum absolute atomic E-state index is 13.6. The Hall–Kier alpha value is -3.49. The van der Waals surface area contributed by atoms with Crippen LogP contribution in [0, 0.1) is 0 Å². The van der Waals surface area contributed by atoms with E-state index in [0.29, 0.717) is 32.5 Å². The molecule has 2 aromatic heterocycles. The van der Waals surface area contributed by atoms with E-state index in [1.807, 2.05) is 49.6 Å². The highest BCUT2D eigenvalue weighted by atomic mass is 32.2. The molecule has 7 nitrogen and oxygen atoms in total. The first-order chi connectivity index (χ1) is 17.5. The lowest BCUT2D eigenvalue weighted by Crippen LogP contribution is -2.46. The highest BCUT2D eigenvalue weighted by Crippen LogP contribution is 2.34. The maximum atomic E-state index is 13.6. The second kappa shape index (κ2) is 10.6. The number of nitrogens with one attached hydrogen (secondary N) is 1. The summed E-state index contributed by atoms with van der Waals surface area (Å²) in [7, 11) is -3.47. The molecule has 8 heteroatoms. The van der Waals surface area contributed by atoms with E-state index in [1.165, 1.54) is 0 Å². The third kappa shape index (κ3) is 5.34. The van der Waals surface area contributed by atoms with Crippen molar-refractivity contribution in [2.75, 3.05) is 17.2 Å². The summed E-state index contributed by atoms with van der Waals surface area (Å²) >= 11 is 0. The summed E-state index contributed by atoms with van der Waals surface area (Å²) in [5.74, 6) is 0.130. The molecule has 0 unspecified atom stereocenters. The number of sulfonamides is 1. The molecule has 36 heavy (non-hydrogen) atoms. The number of H-pyrrole nitrogens is 1. The number of hydrogen-bond acceptors (Lipinski definition) is 5. The first kappa shape index (κ1) is 24.2. The summed E-state index contributed by atoms with van der Waals surface area (Å²) in [5, 5.41) is 0. The number of imidazole rings is 1. The molecule has 0 radical (unpaired) electrons. The molecule has 2 aromatic carbocycles. The van der Waals surface area contributed by atoms with E-state index in [4.69, 9.17) is 0 Å². The summed E-state index contributed by atoms with van der Waals surface area (Å²) in [6.07, 6.45) is 8.24. The first-order valence-corrected chi connectivity index (χ1v) is 13.9. The predicted molar refractivity (Wildman–Crippen MR) is 143 cm³/mol. The Bertz CT molecular complexity index is 1380.